The molecule has 2 unspecified atom stereocenters. The number of amides is 3. The molecule has 1 fully saturated rings. The molecule has 2 atom stereocenters. The lowest BCUT2D eigenvalue weighted by atomic mass is 10.1. The van der Waals surface area contributed by atoms with Gasteiger partial charge in [-0.3, -0.25) is 14.4 Å². The number of benzene rings is 2. The van der Waals surface area contributed by atoms with E-state index >= 15 is 0 Å². The van der Waals surface area contributed by atoms with E-state index < -0.39 is 42.4 Å². The lowest BCUT2D eigenvalue weighted by molar-refractivity contribution is -0.274. The summed E-state index contributed by atoms with van der Waals surface area (Å²) in [5.74, 6) is -3.00. The molecule has 3 rings (SSSR count). The van der Waals surface area contributed by atoms with E-state index in [2.05, 4.69) is 15.4 Å². The fraction of sp³-hybridized carbons (Fsp3) is 0.273. The quantitative estimate of drug-likeness (QED) is 0.639. The molecule has 0 spiro atoms. The molecule has 2 aromatic rings. The van der Waals surface area contributed by atoms with Gasteiger partial charge in [0.25, 0.3) is 5.91 Å². The van der Waals surface area contributed by atoms with Gasteiger partial charge < -0.3 is 20.3 Å². The number of hydrogen-bond donors (Lipinski definition) is 2. The number of carbonyl (C=O) groups excluding carboxylic acids is 3. The van der Waals surface area contributed by atoms with Crippen LogP contribution in [-0.4, -0.2) is 48.1 Å². The van der Waals surface area contributed by atoms with Gasteiger partial charge in [-0.1, -0.05) is 17.7 Å². The van der Waals surface area contributed by atoms with Gasteiger partial charge in [0.2, 0.25) is 11.8 Å². The molecule has 2 N–H and O–H groups in total. The highest BCUT2D eigenvalue weighted by Crippen LogP contribution is 2.25. The van der Waals surface area contributed by atoms with Crippen LogP contribution in [-0.2, 0) is 9.59 Å². The summed E-state index contributed by atoms with van der Waals surface area (Å²) in [5.41, 5.74) is 0.365. The Bertz CT molecular complexity index is 1120. The standard InChI is InChI=1S/C22H18ClF3N4O4/c23-15-4-6-16(7-5-15)29-21(33)14-8-17(10-27)30(12-14)19(31)11-28-20(32)13-2-1-3-18(9-13)34-22(24,25)26/h1-7,9,14,17H,8,11-12H2,(H,28,32)(H,29,33). The maximum Gasteiger partial charge on any atom is 0.573 e. The molecule has 0 radical (unpaired) electrons. The number of carbonyl (C=O) groups is 3. The third kappa shape index (κ3) is 6.62. The number of rotatable bonds is 6. The molecule has 3 amide bonds. The lowest BCUT2D eigenvalue weighted by Crippen LogP contribution is -2.42. The topological polar surface area (TPSA) is 112 Å². The molecule has 0 aromatic heterocycles. The Kier molecular flexibility index (Phi) is 7.63. The van der Waals surface area contributed by atoms with E-state index in [0.717, 1.165) is 12.1 Å². The first kappa shape index (κ1) is 24.9. The molecule has 1 aliphatic heterocycles. The van der Waals surface area contributed by atoms with Crippen molar-refractivity contribution in [1.29, 1.82) is 5.26 Å². The first-order valence-corrected chi connectivity index (χ1v) is 10.3. The van der Waals surface area contributed by atoms with Crippen LogP contribution in [0, 0.1) is 17.2 Å². The van der Waals surface area contributed by atoms with Gasteiger partial charge in [0.15, 0.2) is 0 Å². The van der Waals surface area contributed by atoms with Gasteiger partial charge >= 0.3 is 6.36 Å². The third-order valence-corrected chi connectivity index (χ3v) is 5.23. The van der Waals surface area contributed by atoms with Crippen LogP contribution >= 0.6 is 11.6 Å². The predicted octanol–water partition coefficient (Wildman–Crippen LogP) is 3.35. The number of nitrogens with one attached hydrogen (secondary N) is 2. The fourth-order valence-corrected chi connectivity index (χ4v) is 3.52. The summed E-state index contributed by atoms with van der Waals surface area (Å²) in [6.07, 6.45) is -4.80. The van der Waals surface area contributed by atoms with E-state index in [0.29, 0.717) is 10.7 Å². The van der Waals surface area contributed by atoms with Gasteiger partial charge in [0.1, 0.15) is 11.8 Å². The lowest BCUT2D eigenvalue weighted by Gasteiger charge is -2.20. The molecule has 0 saturated carbocycles. The zero-order valence-electron chi connectivity index (χ0n) is 17.4. The summed E-state index contributed by atoms with van der Waals surface area (Å²) in [5, 5.41) is 14.9. The van der Waals surface area contributed by atoms with Crippen LogP contribution < -0.4 is 15.4 Å². The Morgan fingerprint density at radius 3 is 2.53 bits per heavy atom. The normalized spacial score (nSPS) is 17.6. The number of nitriles is 1. The zero-order valence-corrected chi connectivity index (χ0v) is 18.2. The van der Waals surface area contributed by atoms with Crippen molar-refractivity contribution in [2.45, 2.75) is 18.8 Å². The maximum absolute atomic E-state index is 12.6. The second kappa shape index (κ2) is 10.4. The second-order valence-corrected chi connectivity index (χ2v) is 7.81. The summed E-state index contributed by atoms with van der Waals surface area (Å²) in [6.45, 7) is -0.534. The minimum atomic E-state index is -4.91. The van der Waals surface area contributed by atoms with Crippen molar-refractivity contribution in [1.82, 2.24) is 10.2 Å². The van der Waals surface area contributed by atoms with E-state index in [4.69, 9.17) is 11.6 Å². The van der Waals surface area contributed by atoms with Gasteiger partial charge in [0.05, 0.1) is 18.5 Å². The van der Waals surface area contributed by atoms with Crippen molar-refractivity contribution in [3.8, 4) is 11.8 Å². The molecule has 0 bridgehead atoms. The second-order valence-electron chi connectivity index (χ2n) is 7.38. The van der Waals surface area contributed by atoms with Gasteiger partial charge in [-0.2, -0.15) is 5.26 Å². The van der Waals surface area contributed by atoms with E-state index in [1.165, 1.54) is 17.0 Å². The minimum Gasteiger partial charge on any atom is -0.406 e. The molecule has 1 heterocycles. The molecule has 1 saturated heterocycles. The fourth-order valence-electron chi connectivity index (χ4n) is 3.40. The number of anilines is 1. The van der Waals surface area contributed by atoms with E-state index in [9.17, 15) is 32.8 Å². The van der Waals surface area contributed by atoms with Crippen LogP contribution in [0.25, 0.3) is 0 Å². The van der Waals surface area contributed by atoms with Crippen molar-refractivity contribution in [2.75, 3.05) is 18.4 Å². The Balaban J connectivity index is 1.57. The molecule has 2 aromatic carbocycles. The molecule has 8 nitrogen and oxygen atoms in total. The molecule has 1 aliphatic rings. The first-order chi connectivity index (χ1) is 16.1. The molecular formula is C22H18ClF3N4O4. The van der Waals surface area contributed by atoms with Crippen LogP contribution in [0.4, 0.5) is 18.9 Å². The minimum absolute atomic E-state index is 0.0265. The maximum atomic E-state index is 12.6. The largest absolute Gasteiger partial charge is 0.573 e. The van der Waals surface area contributed by atoms with Crippen LogP contribution in [0.15, 0.2) is 48.5 Å². The summed E-state index contributed by atoms with van der Waals surface area (Å²) < 4.78 is 40.9. The van der Waals surface area contributed by atoms with Crippen LogP contribution in [0.5, 0.6) is 5.75 Å². The van der Waals surface area contributed by atoms with Gasteiger partial charge in [0, 0.05) is 22.8 Å². The van der Waals surface area contributed by atoms with E-state index in [-0.39, 0.29) is 24.4 Å². The Morgan fingerprint density at radius 1 is 1.18 bits per heavy atom. The van der Waals surface area contributed by atoms with Crippen LogP contribution in [0.3, 0.4) is 0 Å². The molecule has 178 valence electrons. The number of alkyl halides is 3. The summed E-state index contributed by atoms with van der Waals surface area (Å²) in [6, 6.07) is 11.9. The Hall–Kier alpha value is -3.78. The highest BCUT2D eigenvalue weighted by Gasteiger charge is 2.39. The molecule has 0 aliphatic carbocycles. The number of halogens is 4. The molecule has 34 heavy (non-hydrogen) atoms. The Labute approximate surface area is 197 Å². The predicted molar refractivity (Wildman–Crippen MR) is 115 cm³/mol. The summed E-state index contributed by atoms with van der Waals surface area (Å²) in [4.78, 5) is 38.6. The van der Waals surface area contributed by atoms with Crippen molar-refractivity contribution < 1.29 is 32.3 Å². The number of likely N-dealkylation sites (tertiary alicyclic amines) is 1. The SMILES string of the molecule is N#CC1CC(C(=O)Nc2ccc(Cl)cc2)CN1C(=O)CNC(=O)c1cccc(OC(F)(F)F)c1. The average Bonchev–Trinajstić information content (AvgIpc) is 3.22. The Morgan fingerprint density at radius 2 is 1.88 bits per heavy atom. The van der Waals surface area contributed by atoms with Crippen LogP contribution in [0.2, 0.25) is 5.02 Å². The van der Waals surface area contributed by atoms with Crippen molar-refractivity contribution >= 4 is 35.0 Å². The first-order valence-electron chi connectivity index (χ1n) is 9.95. The smallest absolute Gasteiger partial charge is 0.406 e. The van der Waals surface area contributed by atoms with Gasteiger partial charge in [-0.15, -0.1) is 13.2 Å². The monoisotopic (exact) mass is 494 g/mol. The number of hydrogen-bond acceptors (Lipinski definition) is 5. The average molecular weight is 495 g/mol. The van der Waals surface area contributed by atoms with Gasteiger partial charge in [-0.05, 0) is 48.9 Å². The van der Waals surface area contributed by atoms with E-state index in [1.54, 1.807) is 24.3 Å². The van der Waals surface area contributed by atoms with Crippen molar-refractivity contribution in [2.24, 2.45) is 5.92 Å². The summed E-state index contributed by atoms with van der Waals surface area (Å²) in [7, 11) is 0. The van der Waals surface area contributed by atoms with Crippen molar-refractivity contribution in [3.63, 3.8) is 0 Å². The van der Waals surface area contributed by atoms with E-state index in [1.807, 2.05) is 6.07 Å². The summed E-state index contributed by atoms with van der Waals surface area (Å²) >= 11 is 5.82. The zero-order chi connectivity index (χ0) is 24.9. The van der Waals surface area contributed by atoms with Crippen LogP contribution in [0.1, 0.15) is 16.8 Å². The molecule has 12 heteroatoms. The van der Waals surface area contributed by atoms with Crippen molar-refractivity contribution in [3.05, 3.63) is 59.1 Å². The molecular weight excluding hydrogens is 477 g/mol. The van der Waals surface area contributed by atoms with Gasteiger partial charge in [-0.25, -0.2) is 0 Å². The number of nitrogens with zero attached hydrogens (tertiary/aromatic N) is 2. The highest BCUT2D eigenvalue weighted by atomic mass is 35.5. The highest BCUT2D eigenvalue weighted by molar-refractivity contribution is 6.30. The third-order valence-electron chi connectivity index (χ3n) is 4.98. The number of ether oxygens (including phenoxy) is 1.